The van der Waals surface area contributed by atoms with Crippen LogP contribution in [0.15, 0.2) is 42.6 Å². The number of alkyl halides is 3. The number of nitrogens with two attached hydrogens (primary N) is 1. The minimum absolute atomic E-state index is 0.291. The molecular weight excluding hydrogens is 260 g/mol. The summed E-state index contributed by atoms with van der Waals surface area (Å²) in [5, 5.41) is 0. The lowest BCUT2D eigenvalue weighted by atomic mass is 10.0. The van der Waals surface area contributed by atoms with E-state index < -0.39 is 23.6 Å². The minimum Gasteiger partial charge on any atom is -0.319 e. The summed E-state index contributed by atoms with van der Waals surface area (Å²) < 4.78 is 49.9. The van der Waals surface area contributed by atoms with Crippen molar-refractivity contribution >= 4 is 0 Å². The van der Waals surface area contributed by atoms with Crippen molar-refractivity contribution < 1.29 is 17.6 Å². The highest BCUT2D eigenvalue weighted by Crippen LogP contribution is 2.29. The zero-order chi connectivity index (χ0) is 14.0. The van der Waals surface area contributed by atoms with E-state index in [-0.39, 0.29) is 0 Å². The van der Waals surface area contributed by atoms with Crippen molar-refractivity contribution in [3.63, 3.8) is 0 Å². The first-order chi connectivity index (χ1) is 8.88. The molecule has 0 aliphatic carbocycles. The molecule has 1 heterocycles. The van der Waals surface area contributed by atoms with Gasteiger partial charge < -0.3 is 5.73 Å². The number of pyridine rings is 1. The van der Waals surface area contributed by atoms with Crippen molar-refractivity contribution in [2.75, 3.05) is 0 Å². The van der Waals surface area contributed by atoms with Crippen LogP contribution in [0.3, 0.4) is 0 Å². The summed E-state index contributed by atoms with van der Waals surface area (Å²) in [5.74, 6) is -0.406. The van der Waals surface area contributed by atoms with Crippen LogP contribution in [0.5, 0.6) is 0 Å². The lowest BCUT2D eigenvalue weighted by Gasteiger charge is -2.13. The Morgan fingerprint density at radius 2 is 1.63 bits per heavy atom. The van der Waals surface area contributed by atoms with Crippen LogP contribution in [-0.2, 0) is 6.18 Å². The molecule has 0 aliphatic rings. The number of halogens is 4. The quantitative estimate of drug-likeness (QED) is 0.850. The Kier molecular flexibility index (Phi) is 3.53. The van der Waals surface area contributed by atoms with Gasteiger partial charge in [-0.15, -0.1) is 0 Å². The van der Waals surface area contributed by atoms with Crippen molar-refractivity contribution in [2.45, 2.75) is 12.2 Å². The van der Waals surface area contributed by atoms with Gasteiger partial charge in [-0.25, -0.2) is 4.39 Å². The minimum atomic E-state index is -4.43. The van der Waals surface area contributed by atoms with E-state index >= 15 is 0 Å². The second kappa shape index (κ2) is 4.97. The molecule has 1 unspecified atom stereocenters. The maximum Gasteiger partial charge on any atom is 0.417 e. The summed E-state index contributed by atoms with van der Waals surface area (Å²) in [6, 6.07) is 6.86. The molecule has 19 heavy (non-hydrogen) atoms. The van der Waals surface area contributed by atoms with Gasteiger partial charge in [0.25, 0.3) is 0 Å². The van der Waals surface area contributed by atoms with Gasteiger partial charge in [-0.3, -0.25) is 4.98 Å². The summed E-state index contributed by atoms with van der Waals surface area (Å²) in [6.07, 6.45) is -3.69. The summed E-state index contributed by atoms with van der Waals surface area (Å²) in [5.41, 5.74) is 5.90. The molecule has 100 valence electrons. The van der Waals surface area contributed by atoms with Crippen LogP contribution in [0.25, 0.3) is 0 Å². The monoisotopic (exact) mass is 270 g/mol. The maximum absolute atomic E-state index is 12.8. The number of hydrogen-bond donors (Lipinski definition) is 1. The summed E-state index contributed by atoms with van der Waals surface area (Å²) in [4.78, 5) is 3.71. The van der Waals surface area contributed by atoms with Crippen molar-refractivity contribution in [1.29, 1.82) is 0 Å². The first-order valence-corrected chi connectivity index (χ1v) is 5.42. The summed E-state index contributed by atoms with van der Waals surface area (Å²) in [6.45, 7) is 0. The Hall–Kier alpha value is -1.95. The van der Waals surface area contributed by atoms with Crippen molar-refractivity contribution in [3.05, 3.63) is 65.2 Å². The van der Waals surface area contributed by atoms with E-state index in [1.165, 1.54) is 30.3 Å². The first-order valence-electron chi connectivity index (χ1n) is 5.42. The molecular formula is C13H10F4N2. The van der Waals surface area contributed by atoms with E-state index in [9.17, 15) is 17.6 Å². The smallest absolute Gasteiger partial charge is 0.319 e. The average molecular weight is 270 g/mol. The maximum atomic E-state index is 12.8. The van der Waals surface area contributed by atoms with Crippen molar-refractivity contribution in [3.8, 4) is 0 Å². The molecule has 1 atom stereocenters. The molecule has 0 aliphatic heterocycles. The van der Waals surface area contributed by atoms with Gasteiger partial charge in [0, 0.05) is 6.20 Å². The molecule has 0 radical (unpaired) electrons. The van der Waals surface area contributed by atoms with Crippen LogP contribution < -0.4 is 5.73 Å². The highest BCUT2D eigenvalue weighted by Gasteiger charge is 2.30. The zero-order valence-electron chi connectivity index (χ0n) is 9.66. The van der Waals surface area contributed by atoms with Crippen molar-refractivity contribution in [1.82, 2.24) is 4.98 Å². The third-order valence-electron chi connectivity index (χ3n) is 2.66. The normalized spacial score (nSPS) is 13.3. The highest BCUT2D eigenvalue weighted by atomic mass is 19.4. The number of benzene rings is 1. The average Bonchev–Trinajstić information content (AvgIpc) is 2.38. The van der Waals surface area contributed by atoms with Gasteiger partial charge in [0.1, 0.15) is 5.82 Å². The van der Waals surface area contributed by atoms with Gasteiger partial charge in [0.15, 0.2) is 0 Å². The number of rotatable bonds is 2. The molecule has 0 amide bonds. The van der Waals surface area contributed by atoms with Gasteiger partial charge in [-0.05, 0) is 29.8 Å². The zero-order valence-corrected chi connectivity index (χ0v) is 9.66. The SMILES string of the molecule is NC(c1ccc(F)cc1)c1ccc(C(F)(F)F)cn1. The Balaban J connectivity index is 2.25. The molecule has 0 saturated carbocycles. The predicted molar refractivity (Wildman–Crippen MR) is 61.7 cm³/mol. The number of nitrogens with zero attached hydrogens (tertiary/aromatic N) is 1. The van der Waals surface area contributed by atoms with Crippen molar-refractivity contribution in [2.24, 2.45) is 5.73 Å². The van der Waals surface area contributed by atoms with Gasteiger partial charge in [-0.2, -0.15) is 13.2 Å². The number of hydrogen-bond acceptors (Lipinski definition) is 2. The van der Waals surface area contributed by atoms with E-state index in [1.54, 1.807) is 0 Å². The van der Waals surface area contributed by atoms with Gasteiger partial charge >= 0.3 is 6.18 Å². The molecule has 2 aromatic rings. The Morgan fingerprint density at radius 3 is 2.11 bits per heavy atom. The lowest BCUT2D eigenvalue weighted by Crippen LogP contribution is -2.14. The Bertz CT molecular complexity index is 546. The van der Waals surface area contributed by atoms with Gasteiger partial charge in [0.2, 0.25) is 0 Å². The first kappa shape index (κ1) is 13.5. The molecule has 1 aromatic carbocycles. The van der Waals surface area contributed by atoms with E-state index in [4.69, 9.17) is 5.73 Å². The lowest BCUT2D eigenvalue weighted by molar-refractivity contribution is -0.137. The number of aromatic nitrogens is 1. The molecule has 6 heteroatoms. The summed E-state index contributed by atoms with van der Waals surface area (Å²) in [7, 11) is 0. The third-order valence-corrected chi connectivity index (χ3v) is 2.66. The fourth-order valence-corrected chi connectivity index (χ4v) is 1.60. The molecule has 2 nitrogen and oxygen atoms in total. The Labute approximate surface area is 106 Å². The van der Waals surface area contributed by atoms with Gasteiger partial charge in [-0.1, -0.05) is 12.1 Å². The largest absolute Gasteiger partial charge is 0.417 e. The highest BCUT2D eigenvalue weighted by molar-refractivity contribution is 5.29. The van der Waals surface area contributed by atoms with Crippen LogP contribution in [0, 0.1) is 5.82 Å². The van der Waals surface area contributed by atoms with Crippen LogP contribution in [0.1, 0.15) is 22.9 Å². The summed E-state index contributed by atoms with van der Waals surface area (Å²) >= 11 is 0. The van der Waals surface area contributed by atoms with E-state index in [1.807, 2.05) is 0 Å². The fraction of sp³-hybridized carbons (Fsp3) is 0.154. The third kappa shape index (κ3) is 3.08. The van der Waals surface area contributed by atoms with Crippen LogP contribution >= 0.6 is 0 Å². The Morgan fingerprint density at radius 1 is 1.00 bits per heavy atom. The second-order valence-electron chi connectivity index (χ2n) is 4.00. The second-order valence-corrected chi connectivity index (χ2v) is 4.00. The van der Waals surface area contributed by atoms with E-state index in [0.717, 1.165) is 12.3 Å². The van der Waals surface area contributed by atoms with Crippen LogP contribution in [0.2, 0.25) is 0 Å². The molecule has 2 N–H and O–H groups in total. The molecule has 0 spiro atoms. The van der Waals surface area contributed by atoms with Gasteiger partial charge in [0.05, 0.1) is 17.3 Å². The molecule has 2 rings (SSSR count). The predicted octanol–water partition coefficient (Wildman–Crippen LogP) is 3.29. The fourth-order valence-electron chi connectivity index (χ4n) is 1.60. The molecule has 0 bridgehead atoms. The van der Waals surface area contributed by atoms with E-state index in [0.29, 0.717) is 11.3 Å². The van der Waals surface area contributed by atoms with E-state index in [2.05, 4.69) is 4.98 Å². The van der Waals surface area contributed by atoms with Crippen LogP contribution in [0.4, 0.5) is 17.6 Å². The van der Waals surface area contributed by atoms with Crippen LogP contribution in [-0.4, -0.2) is 4.98 Å². The molecule has 1 aromatic heterocycles. The topological polar surface area (TPSA) is 38.9 Å². The molecule has 0 saturated heterocycles. The molecule has 0 fully saturated rings. The standard InChI is InChI=1S/C13H10F4N2/c14-10-4-1-8(2-5-10)12(18)11-6-3-9(7-19-11)13(15,16)17/h1-7,12H,18H2.